The third-order valence-electron chi connectivity index (χ3n) is 3.51. The van der Waals surface area contributed by atoms with Crippen LogP contribution in [0, 0.1) is 10.8 Å². The van der Waals surface area contributed by atoms with Gasteiger partial charge >= 0.3 is 0 Å². The van der Waals surface area contributed by atoms with Crippen LogP contribution in [-0.4, -0.2) is 70.3 Å². The molecule has 0 aromatic carbocycles. The quantitative estimate of drug-likeness (QED) is 0.326. The Hall–Kier alpha value is -0.240. The molecule has 0 aliphatic carbocycles. The number of rotatable bonds is 8. The summed E-state index contributed by atoms with van der Waals surface area (Å²) in [5.74, 6) is 0. The van der Waals surface area contributed by atoms with E-state index in [4.69, 9.17) is 30.6 Å². The lowest BCUT2D eigenvalue weighted by Gasteiger charge is -2.24. The lowest BCUT2D eigenvalue weighted by molar-refractivity contribution is 0.00275. The fourth-order valence-corrected chi connectivity index (χ4v) is 0.971. The second kappa shape index (κ2) is 10.7. The van der Waals surface area contributed by atoms with Gasteiger partial charge in [-0.25, -0.2) is 0 Å². The minimum Gasteiger partial charge on any atom is -0.396 e. The van der Waals surface area contributed by atoms with E-state index >= 15 is 0 Å². The third-order valence-corrected chi connectivity index (χ3v) is 3.51. The van der Waals surface area contributed by atoms with Crippen molar-refractivity contribution in [3.8, 4) is 0 Å². The molecule has 0 amide bonds. The summed E-state index contributed by atoms with van der Waals surface area (Å²) in [7, 11) is 0. The average Bonchev–Trinajstić information content (AvgIpc) is 2.46. The van der Waals surface area contributed by atoms with Gasteiger partial charge in [0.15, 0.2) is 0 Å². The largest absolute Gasteiger partial charge is 0.396 e. The van der Waals surface area contributed by atoms with Crippen molar-refractivity contribution in [2.45, 2.75) is 26.7 Å². The molecular formula is C12H28O6. The molecule has 0 rings (SSSR count). The van der Waals surface area contributed by atoms with Gasteiger partial charge in [-0.3, -0.25) is 0 Å². The molecule has 0 aromatic rings. The molecule has 6 nitrogen and oxygen atoms in total. The van der Waals surface area contributed by atoms with E-state index in [-0.39, 0.29) is 39.6 Å². The molecule has 0 saturated carbocycles. The second-order valence-electron chi connectivity index (χ2n) is 4.66. The van der Waals surface area contributed by atoms with Crippen LogP contribution in [0.3, 0.4) is 0 Å². The Morgan fingerprint density at radius 2 is 0.667 bits per heavy atom. The molecule has 0 aliphatic rings. The van der Waals surface area contributed by atoms with E-state index in [1.165, 1.54) is 0 Å². The van der Waals surface area contributed by atoms with Gasteiger partial charge in [0.25, 0.3) is 0 Å². The SMILES string of the molecule is CCC(CO)(CO)CO.CCC(CO)(CO)CO. The Labute approximate surface area is 109 Å². The summed E-state index contributed by atoms with van der Waals surface area (Å²) in [6, 6.07) is 0. The normalized spacial score (nSPS) is 12.0. The lowest BCUT2D eigenvalue weighted by atomic mass is 9.88. The molecule has 0 bridgehead atoms. The first kappa shape index (κ1) is 20.1. The molecule has 0 heterocycles. The number of aliphatic hydroxyl groups is 6. The zero-order valence-corrected chi connectivity index (χ0v) is 11.3. The third kappa shape index (κ3) is 6.08. The van der Waals surface area contributed by atoms with Gasteiger partial charge in [-0.05, 0) is 12.8 Å². The van der Waals surface area contributed by atoms with Crippen LogP contribution in [0.25, 0.3) is 0 Å². The summed E-state index contributed by atoms with van der Waals surface area (Å²) < 4.78 is 0. The fourth-order valence-electron chi connectivity index (χ4n) is 0.971. The van der Waals surface area contributed by atoms with Crippen molar-refractivity contribution < 1.29 is 30.6 Å². The molecule has 6 heteroatoms. The fraction of sp³-hybridized carbons (Fsp3) is 1.00. The monoisotopic (exact) mass is 268 g/mol. The molecule has 0 spiro atoms. The van der Waals surface area contributed by atoms with Crippen molar-refractivity contribution in [2.75, 3.05) is 39.6 Å². The van der Waals surface area contributed by atoms with Crippen molar-refractivity contribution in [2.24, 2.45) is 10.8 Å². The molecular weight excluding hydrogens is 240 g/mol. The maximum Gasteiger partial charge on any atom is 0.0531 e. The smallest absolute Gasteiger partial charge is 0.0531 e. The molecule has 18 heavy (non-hydrogen) atoms. The Morgan fingerprint density at radius 3 is 0.667 bits per heavy atom. The van der Waals surface area contributed by atoms with E-state index in [1.54, 1.807) is 0 Å². The zero-order valence-electron chi connectivity index (χ0n) is 11.3. The van der Waals surface area contributed by atoms with Crippen molar-refractivity contribution in [1.29, 1.82) is 0 Å². The molecule has 0 fully saturated rings. The van der Waals surface area contributed by atoms with Crippen LogP contribution in [0.2, 0.25) is 0 Å². The van der Waals surface area contributed by atoms with Crippen LogP contribution in [0.15, 0.2) is 0 Å². The summed E-state index contributed by atoms with van der Waals surface area (Å²) >= 11 is 0. The van der Waals surface area contributed by atoms with E-state index in [2.05, 4.69) is 0 Å². The van der Waals surface area contributed by atoms with Gasteiger partial charge < -0.3 is 30.6 Å². The molecule has 0 aliphatic heterocycles. The van der Waals surface area contributed by atoms with Gasteiger partial charge in [-0.2, -0.15) is 0 Å². The standard InChI is InChI=1S/2C6H14O3/c2*1-2-6(3-7,4-8)5-9/h2*7-9H,2-5H2,1H3. The molecule has 0 saturated heterocycles. The minimum atomic E-state index is -0.667. The Kier molecular flexibility index (Phi) is 11.9. The Bertz CT molecular complexity index is 122. The molecule has 112 valence electrons. The zero-order chi connectivity index (χ0) is 14.7. The first-order chi connectivity index (χ1) is 8.49. The maximum atomic E-state index is 8.66. The highest BCUT2D eigenvalue weighted by Gasteiger charge is 2.25. The van der Waals surface area contributed by atoms with Crippen LogP contribution in [0.4, 0.5) is 0 Å². The predicted molar refractivity (Wildman–Crippen MR) is 68.0 cm³/mol. The van der Waals surface area contributed by atoms with Crippen LogP contribution in [-0.2, 0) is 0 Å². The van der Waals surface area contributed by atoms with Gasteiger partial charge in [0.05, 0.1) is 39.6 Å². The van der Waals surface area contributed by atoms with Crippen LogP contribution in [0.5, 0.6) is 0 Å². The van der Waals surface area contributed by atoms with Crippen molar-refractivity contribution >= 4 is 0 Å². The van der Waals surface area contributed by atoms with E-state index in [9.17, 15) is 0 Å². The van der Waals surface area contributed by atoms with Crippen molar-refractivity contribution in [1.82, 2.24) is 0 Å². The predicted octanol–water partition coefficient (Wildman–Crippen LogP) is -1.28. The Balaban J connectivity index is 0. The maximum absolute atomic E-state index is 8.66. The topological polar surface area (TPSA) is 121 Å². The summed E-state index contributed by atoms with van der Waals surface area (Å²) in [5.41, 5.74) is -1.33. The molecule has 0 atom stereocenters. The molecule has 0 unspecified atom stereocenters. The average molecular weight is 268 g/mol. The minimum absolute atomic E-state index is 0.156. The summed E-state index contributed by atoms with van der Waals surface area (Å²) in [6.45, 7) is 2.71. The van der Waals surface area contributed by atoms with Gasteiger partial charge in [-0.15, -0.1) is 0 Å². The number of hydrogen-bond acceptors (Lipinski definition) is 6. The molecule has 6 N–H and O–H groups in total. The molecule has 0 aromatic heterocycles. The van der Waals surface area contributed by atoms with Gasteiger partial charge in [0.1, 0.15) is 0 Å². The number of aliphatic hydroxyl groups excluding tert-OH is 6. The summed E-state index contributed by atoms with van der Waals surface area (Å²) in [4.78, 5) is 0. The van der Waals surface area contributed by atoms with Gasteiger partial charge in [0.2, 0.25) is 0 Å². The van der Waals surface area contributed by atoms with E-state index in [1.807, 2.05) is 13.8 Å². The van der Waals surface area contributed by atoms with Crippen LogP contribution >= 0.6 is 0 Å². The van der Waals surface area contributed by atoms with Gasteiger partial charge in [0, 0.05) is 10.8 Å². The van der Waals surface area contributed by atoms with E-state index < -0.39 is 10.8 Å². The first-order valence-electron chi connectivity index (χ1n) is 6.14. The summed E-state index contributed by atoms with van der Waals surface area (Å²) in [6.07, 6.45) is 1.19. The first-order valence-corrected chi connectivity index (χ1v) is 6.14. The van der Waals surface area contributed by atoms with Crippen LogP contribution in [0.1, 0.15) is 26.7 Å². The van der Waals surface area contributed by atoms with Crippen molar-refractivity contribution in [3.05, 3.63) is 0 Å². The number of hydrogen-bond donors (Lipinski definition) is 6. The highest BCUT2D eigenvalue weighted by atomic mass is 16.3. The second-order valence-corrected chi connectivity index (χ2v) is 4.66. The van der Waals surface area contributed by atoms with E-state index in [0.29, 0.717) is 12.8 Å². The van der Waals surface area contributed by atoms with E-state index in [0.717, 1.165) is 0 Å². The summed E-state index contributed by atoms with van der Waals surface area (Å²) in [5, 5.41) is 51.9. The Morgan fingerprint density at radius 1 is 0.500 bits per heavy atom. The molecule has 0 radical (unpaired) electrons. The highest BCUT2D eigenvalue weighted by Crippen LogP contribution is 2.18. The van der Waals surface area contributed by atoms with Crippen molar-refractivity contribution in [3.63, 3.8) is 0 Å². The van der Waals surface area contributed by atoms with Gasteiger partial charge in [-0.1, -0.05) is 13.8 Å². The van der Waals surface area contributed by atoms with Crippen LogP contribution < -0.4 is 0 Å². The highest BCUT2D eigenvalue weighted by molar-refractivity contribution is 4.74. The lowest BCUT2D eigenvalue weighted by Crippen LogP contribution is -2.32.